The Morgan fingerprint density at radius 3 is 2.88 bits per heavy atom. The minimum atomic E-state index is -3.29. The summed E-state index contributed by atoms with van der Waals surface area (Å²) in [5, 5.41) is 18.4. The molecule has 0 aliphatic heterocycles. The largest absolute Gasteiger partial charge is 0.503 e. The van der Waals surface area contributed by atoms with E-state index < -0.39 is 13.1 Å². The van der Waals surface area contributed by atoms with Crippen LogP contribution < -0.4 is 0 Å². The molecule has 1 aromatic rings. The molecule has 16 heavy (non-hydrogen) atoms. The highest BCUT2D eigenvalue weighted by atomic mass is 31.2. The van der Waals surface area contributed by atoms with Crippen molar-refractivity contribution >= 4 is 13.1 Å². The van der Waals surface area contributed by atoms with Gasteiger partial charge in [0.15, 0.2) is 16.8 Å². The Bertz CT molecular complexity index is 470. The highest BCUT2D eigenvalue weighted by Crippen LogP contribution is 2.53. The van der Waals surface area contributed by atoms with Gasteiger partial charge < -0.3 is 14.0 Å². The molecule has 1 unspecified atom stereocenters. The fourth-order valence-corrected chi connectivity index (χ4v) is 2.48. The van der Waals surface area contributed by atoms with Crippen LogP contribution in [0.15, 0.2) is 28.1 Å². The van der Waals surface area contributed by atoms with Crippen molar-refractivity contribution in [2.24, 2.45) is 0 Å². The van der Waals surface area contributed by atoms with Crippen LogP contribution in [0.4, 0.5) is 0 Å². The number of rotatable bonds is 4. The van der Waals surface area contributed by atoms with E-state index in [9.17, 15) is 9.67 Å². The van der Waals surface area contributed by atoms with Crippen molar-refractivity contribution in [1.29, 1.82) is 5.26 Å². The molecule has 1 N–H and O–H groups in total. The molecular formula is C10H12NO4P. The summed E-state index contributed by atoms with van der Waals surface area (Å²) in [5.41, 5.74) is 0. The van der Waals surface area contributed by atoms with Crippen molar-refractivity contribution in [3.63, 3.8) is 0 Å². The lowest BCUT2D eigenvalue weighted by Gasteiger charge is -2.11. The number of nitriles is 1. The highest BCUT2D eigenvalue weighted by Gasteiger charge is 2.27. The average molecular weight is 241 g/mol. The summed E-state index contributed by atoms with van der Waals surface area (Å²) in [7, 11) is -3.29. The molecule has 0 aliphatic carbocycles. The molecule has 0 fully saturated rings. The van der Waals surface area contributed by atoms with Gasteiger partial charge in [-0.25, -0.2) is 0 Å². The van der Waals surface area contributed by atoms with E-state index in [1.807, 2.05) is 0 Å². The molecule has 0 bridgehead atoms. The maximum Gasteiger partial charge on any atom is 0.243 e. The molecule has 5 nitrogen and oxygen atoms in total. The summed E-state index contributed by atoms with van der Waals surface area (Å²) in [6.07, 6.45) is 1.35. The summed E-state index contributed by atoms with van der Waals surface area (Å²) in [5.74, 6) is -0.342. The maximum atomic E-state index is 12.0. The molecule has 0 saturated carbocycles. The first-order chi connectivity index (χ1) is 7.53. The Morgan fingerprint density at radius 2 is 2.44 bits per heavy atom. The molecule has 86 valence electrons. The first kappa shape index (κ1) is 12.6. The van der Waals surface area contributed by atoms with E-state index in [0.29, 0.717) is 0 Å². The lowest BCUT2D eigenvalue weighted by molar-refractivity contribution is 0.342. The van der Waals surface area contributed by atoms with Crippen LogP contribution in [0.2, 0.25) is 0 Å². The van der Waals surface area contributed by atoms with Crippen LogP contribution in [0, 0.1) is 11.3 Å². The maximum absolute atomic E-state index is 12.0. The summed E-state index contributed by atoms with van der Waals surface area (Å²) in [4.78, 5) is 0. The minimum Gasteiger partial charge on any atom is -0.503 e. The van der Waals surface area contributed by atoms with E-state index in [-0.39, 0.29) is 17.7 Å². The molecule has 1 atom stereocenters. The van der Waals surface area contributed by atoms with Crippen molar-refractivity contribution < 1.29 is 18.6 Å². The third-order valence-electron chi connectivity index (χ3n) is 1.87. The van der Waals surface area contributed by atoms with E-state index in [1.165, 1.54) is 19.0 Å². The van der Waals surface area contributed by atoms with E-state index >= 15 is 0 Å². The Labute approximate surface area is 93.4 Å². The van der Waals surface area contributed by atoms with Crippen molar-refractivity contribution in [2.75, 3.05) is 13.3 Å². The molecule has 0 saturated heterocycles. The van der Waals surface area contributed by atoms with Crippen LogP contribution in [0.5, 0.6) is 0 Å². The fourth-order valence-electron chi connectivity index (χ4n) is 1.18. The van der Waals surface area contributed by atoms with Gasteiger partial charge in [0.1, 0.15) is 6.07 Å². The second kappa shape index (κ2) is 5.02. The van der Waals surface area contributed by atoms with E-state index in [1.54, 1.807) is 19.1 Å². The molecular weight excluding hydrogens is 229 g/mol. The smallest absolute Gasteiger partial charge is 0.243 e. The second-order valence-electron chi connectivity index (χ2n) is 3.05. The van der Waals surface area contributed by atoms with Crippen molar-refractivity contribution in [3.8, 4) is 6.07 Å². The molecule has 6 heteroatoms. The fraction of sp³-hybridized carbons (Fsp3) is 0.300. The van der Waals surface area contributed by atoms with Crippen LogP contribution in [-0.4, -0.2) is 18.4 Å². The third-order valence-corrected chi connectivity index (χ3v) is 3.74. The van der Waals surface area contributed by atoms with Crippen LogP contribution in [-0.2, 0) is 9.09 Å². The first-order valence-corrected chi connectivity index (χ1v) is 6.70. The summed E-state index contributed by atoms with van der Waals surface area (Å²) in [6, 6.07) is 4.72. The van der Waals surface area contributed by atoms with Crippen molar-refractivity contribution in [3.05, 3.63) is 29.5 Å². The standard InChI is InChI=1S/C10H12NO4P/c1-3-15-16(2,13)9(7-11)10(12)8-5-4-6-14-8/h4-6,12H,3H2,1-2H3. The Morgan fingerprint density at radius 1 is 1.75 bits per heavy atom. The van der Waals surface area contributed by atoms with Crippen molar-refractivity contribution in [2.45, 2.75) is 6.92 Å². The average Bonchev–Trinajstić information content (AvgIpc) is 2.70. The van der Waals surface area contributed by atoms with E-state index in [4.69, 9.17) is 14.2 Å². The number of allylic oxidation sites excluding steroid dienone is 1. The number of furan rings is 1. The number of hydrogen-bond acceptors (Lipinski definition) is 5. The molecule has 0 radical (unpaired) electrons. The normalized spacial score (nSPS) is 16.1. The zero-order valence-corrected chi connectivity index (χ0v) is 9.90. The monoisotopic (exact) mass is 241 g/mol. The van der Waals surface area contributed by atoms with Crippen molar-refractivity contribution in [1.82, 2.24) is 0 Å². The number of nitrogens with zero attached hydrogens (tertiary/aromatic N) is 1. The van der Waals surface area contributed by atoms with Crippen LogP contribution >= 0.6 is 7.37 Å². The Hall–Kier alpha value is -1.50. The molecule has 0 spiro atoms. The molecule has 1 aromatic heterocycles. The first-order valence-electron chi connectivity index (χ1n) is 4.62. The Balaban J connectivity index is 3.22. The lowest BCUT2D eigenvalue weighted by Crippen LogP contribution is -1.94. The van der Waals surface area contributed by atoms with E-state index in [0.717, 1.165) is 0 Å². The van der Waals surface area contributed by atoms with Gasteiger partial charge in [0, 0.05) is 6.66 Å². The van der Waals surface area contributed by atoms with Gasteiger partial charge >= 0.3 is 0 Å². The highest BCUT2D eigenvalue weighted by molar-refractivity contribution is 7.63. The lowest BCUT2D eigenvalue weighted by atomic mass is 10.3. The van der Waals surface area contributed by atoms with Gasteiger partial charge in [0.2, 0.25) is 7.37 Å². The van der Waals surface area contributed by atoms with Gasteiger partial charge in [0.05, 0.1) is 12.9 Å². The second-order valence-corrected chi connectivity index (χ2v) is 5.45. The van der Waals surface area contributed by atoms with E-state index in [2.05, 4.69) is 0 Å². The Kier molecular flexibility index (Phi) is 3.94. The van der Waals surface area contributed by atoms with Crippen LogP contribution in [0.25, 0.3) is 5.76 Å². The summed E-state index contributed by atoms with van der Waals surface area (Å²) >= 11 is 0. The van der Waals surface area contributed by atoms with Gasteiger partial charge in [-0.15, -0.1) is 0 Å². The quantitative estimate of drug-likeness (QED) is 0.497. The third kappa shape index (κ3) is 2.54. The zero-order valence-electron chi connectivity index (χ0n) is 9.01. The number of aliphatic hydroxyl groups excluding tert-OH is 1. The predicted molar refractivity (Wildman–Crippen MR) is 59.0 cm³/mol. The SMILES string of the molecule is CCOP(C)(=O)C(C#N)=C(O)c1ccco1. The molecule has 0 aromatic carbocycles. The molecule has 0 amide bonds. The summed E-state index contributed by atoms with van der Waals surface area (Å²) in [6.45, 7) is 3.15. The number of aliphatic hydroxyl groups is 1. The van der Waals surface area contributed by atoms with Crippen LogP contribution in [0.1, 0.15) is 12.7 Å². The molecule has 1 rings (SSSR count). The van der Waals surface area contributed by atoms with Gasteiger partial charge in [-0.05, 0) is 19.1 Å². The number of hydrogen-bond donors (Lipinski definition) is 1. The van der Waals surface area contributed by atoms with Gasteiger partial charge in [0.25, 0.3) is 0 Å². The molecule has 1 heterocycles. The van der Waals surface area contributed by atoms with Crippen LogP contribution in [0.3, 0.4) is 0 Å². The van der Waals surface area contributed by atoms with Gasteiger partial charge in [-0.1, -0.05) is 0 Å². The predicted octanol–water partition coefficient (Wildman–Crippen LogP) is 2.97. The summed E-state index contributed by atoms with van der Waals surface area (Å²) < 4.78 is 21.9. The topological polar surface area (TPSA) is 83.5 Å². The molecule has 0 aliphatic rings. The van der Waals surface area contributed by atoms with Gasteiger partial charge in [-0.3, -0.25) is 4.57 Å². The minimum absolute atomic E-state index is 0.0957. The van der Waals surface area contributed by atoms with Gasteiger partial charge in [-0.2, -0.15) is 5.26 Å². The zero-order chi connectivity index (χ0) is 12.2.